The number of nitrogens with one attached hydrogen (secondary N) is 2. The predicted octanol–water partition coefficient (Wildman–Crippen LogP) is 1.33. The minimum atomic E-state index is -0.622. The number of fused-ring (bicyclic) bond motifs is 1. The molecule has 0 aromatic heterocycles. The van der Waals surface area contributed by atoms with Gasteiger partial charge in [0.1, 0.15) is 6.04 Å². The molecule has 1 saturated heterocycles. The van der Waals surface area contributed by atoms with E-state index in [1.54, 1.807) is 30.0 Å². The molecule has 0 unspecified atom stereocenters. The van der Waals surface area contributed by atoms with Gasteiger partial charge >= 0.3 is 0 Å². The molecule has 2 aliphatic heterocycles. The maximum absolute atomic E-state index is 12.6. The monoisotopic (exact) mass is 387 g/mol. The SMILES string of the molecule is C[C@@H](NC(=O)[C@H]1CC(=O)N(c2ccc3c(c2)OCO3)C1)C(=O)NC1CCCC1. The van der Waals surface area contributed by atoms with Gasteiger partial charge in [-0.2, -0.15) is 0 Å². The zero-order valence-electron chi connectivity index (χ0n) is 15.9. The third-order valence-electron chi connectivity index (χ3n) is 5.62. The summed E-state index contributed by atoms with van der Waals surface area (Å²) in [6, 6.07) is 4.87. The summed E-state index contributed by atoms with van der Waals surface area (Å²) in [7, 11) is 0. The Morgan fingerprint density at radius 1 is 1.18 bits per heavy atom. The molecule has 150 valence electrons. The topological polar surface area (TPSA) is 97.0 Å². The first-order valence-corrected chi connectivity index (χ1v) is 9.82. The maximum Gasteiger partial charge on any atom is 0.242 e. The summed E-state index contributed by atoms with van der Waals surface area (Å²) < 4.78 is 10.6. The van der Waals surface area contributed by atoms with Crippen LogP contribution in [0, 0.1) is 5.92 Å². The third-order valence-corrected chi connectivity index (χ3v) is 5.62. The van der Waals surface area contributed by atoms with Crippen LogP contribution in [0.15, 0.2) is 18.2 Å². The zero-order chi connectivity index (χ0) is 19.7. The molecule has 3 aliphatic rings. The molecule has 1 aromatic rings. The lowest BCUT2D eigenvalue weighted by Crippen LogP contribution is -2.49. The molecule has 0 radical (unpaired) electrons. The summed E-state index contributed by atoms with van der Waals surface area (Å²) in [6.07, 6.45) is 4.37. The van der Waals surface area contributed by atoms with Gasteiger partial charge in [-0.25, -0.2) is 0 Å². The van der Waals surface area contributed by atoms with Crippen LogP contribution in [0.2, 0.25) is 0 Å². The Morgan fingerprint density at radius 2 is 1.93 bits per heavy atom. The third kappa shape index (κ3) is 3.76. The Bertz CT molecular complexity index is 790. The van der Waals surface area contributed by atoms with Crippen LogP contribution in [0.5, 0.6) is 11.5 Å². The summed E-state index contributed by atoms with van der Waals surface area (Å²) in [4.78, 5) is 38.9. The van der Waals surface area contributed by atoms with Gasteiger partial charge in [0.2, 0.25) is 24.5 Å². The average Bonchev–Trinajstić information content (AvgIpc) is 3.41. The number of nitrogens with zero attached hydrogens (tertiary/aromatic N) is 1. The van der Waals surface area contributed by atoms with Gasteiger partial charge in [-0.15, -0.1) is 0 Å². The van der Waals surface area contributed by atoms with E-state index >= 15 is 0 Å². The largest absolute Gasteiger partial charge is 0.454 e. The smallest absolute Gasteiger partial charge is 0.242 e. The van der Waals surface area contributed by atoms with Crippen molar-refractivity contribution in [3.63, 3.8) is 0 Å². The lowest BCUT2D eigenvalue weighted by molar-refractivity contribution is -0.131. The van der Waals surface area contributed by atoms with E-state index in [4.69, 9.17) is 9.47 Å². The van der Waals surface area contributed by atoms with Crippen molar-refractivity contribution in [1.29, 1.82) is 0 Å². The minimum absolute atomic E-state index is 0.122. The Hall–Kier alpha value is -2.77. The number of carbonyl (C=O) groups is 3. The van der Waals surface area contributed by atoms with E-state index in [2.05, 4.69) is 10.6 Å². The lowest BCUT2D eigenvalue weighted by Gasteiger charge is -2.20. The van der Waals surface area contributed by atoms with E-state index in [0.717, 1.165) is 25.7 Å². The highest BCUT2D eigenvalue weighted by molar-refractivity contribution is 6.01. The first-order valence-electron chi connectivity index (χ1n) is 9.82. The Labute approximate surface area is 163 Å². The first-order chi connectivity index (χ1) is 13.5. The molecule has 0 spiro atoms. The number of benzene rings is 1. The Balaban J connectivity index is 1.34. The molecule has 2 fully saturated rings. The van der Waals surface area contributed by atoms with Crippen molar-refractivity contribution >= 4 is 23.4 Å². The van der Waals surface area contributed by atoms with Crippen LogP contribution in [0.4, 0.5) is 5.69 Å². The van der Waals surface area contributed by atoms with Gasteiger partial charge in [0.05, 0.1) is 5.92 Å². The van der Waals surface area contributed by atoms with Crippen LogP contribution in [-0.4, -0.2) is 43.1 Å². The van der Waals surface area contributed by atoms with E-state index in [9.17, 15) is 14.4 Å². The van der Waals surface area contributed by atoms with Crippen LogP contribution in [0.3, 0.4) is 0 Å². The number of anilines is 1. The molecular formula is C20H25N3O5. The van der Waals surface area contributed by atoms with E-state index in [1.165, 1.54) is 0 Å². The minimum Gasteiger partial charge on any atom is -0.454 e. The fraction of sp³-hybridized carbons (Fsp3) is 0.550. The lowest BCUT2D eigenvalue weighted by atomic mass is 10.1. The van der Waals surface area contributed by atoms with Crippen molar-refractivity contribution in [3.05, 3.63) is 18.2 Å². The molecule has 2 heterocycles. The molecule has 8 nitrogen and oxygen atoms in total. The number of hydrogen-bond acceptors (Lipinski definition) is 5. The molecule has 1 aliphatic carbocycles. The quantitative estimate of drug-likeness (QED) is 0.795. The van der Waals surface area contributed by atoms with E-state index in [1.807, 2.05) is 0 Å². The van der Waals surface area contributed by atoms with E-state index in [0.29, 0.717) is 17.2 Å². The molecule has 2 N–H and O–H groups in total. The molecule has 4 rings (SSSR count). The molecule has 1 aromatic carbocycles. The van der Waals surface area contributed by atoms with Gasteiger partial charge < -0.3 is 25.0 Å². The van der Waals surface area contributed by atoms with Crippen molar-refractivity contribution in [2.75, 3.05) is 18.2 Å². The fourth-order valence-electron chi connectivity index (χ4n) is 3.98. The number of ether oxygens (including phenoxy) is 2. The second-order valence-corrected chi connectivity index (χ2v) is 7.66. The van der Waals surface area contributed by atoms with Gasteiger partial charge in [0, 0.05) is 30.8 Å². The Kier molecular flexibility index (Phi) is 5.11. The van der Waals surface area contributed by atoms with Crippen molar-refractivity contribution in [1.82, 2.24) is 10.6 Å². The normalized spacial score (nSPS) is 22.4. The van der Waals surface area contributed by atoms with Crippen molar-refractivity contribution in [2.45, 2.75) is 51.1 Å². The standard InChI is InChI=1S/C20H25N3O5/c1-12(19(25)22-14-4-2-3-5-14)21-20(26)13-8-18(24)23(10-13)15-6-7-16-17(9-15)28-11-27-16/h6-7,9,12-14H,2-5,8,10-11H2,1H3,(H,21,26)(H,22,25)/t12-,13+/m1/s1. The number of carbonyl (C=O) groups excluding carboxylic acids is 3. The highest BCUT2D eigenvalue weighted by atomic mass is 16.7. The maximum atomic E-state index is 12.6. The van der Waals surface area contributed by atoms with Gasteiger partial charge in [-0.1, -0.05) is 12.8 Å². The van der Waals surface area contributed by atoms with Gasteiger partial charge in [-0.05, 0) is 31.9 Å². The van der Waals surface area contributed by atoms with Crippen molar-refractivity contribution in [3.8, 4) is 11.5 Å². The number of amides is 3. The fourth-order valence-corrected chi connectivity index (χ4v) is 3.98. The van der Waals surface area contributed by atoms with Crippen LogP contribution in [0.25, 0.3) is 0 Å². The molecule has 2 atom stereocenters. The molecular weight excluding hydrogens is 362 g/mol. The molecule has 28 heavy (non-hydrogen) atoms. The summed E-state index contributed by atoms with van der Waals surface area (Å²) in [6.45, 7) is 2.12. The molecule has 0 bridgehead atoms. The van der Waals surface area contributed by atoms with Crippen LogP contribution in [-0.2, 0) is 14.4 Å². The molecule has 8 heteroatoms. The zero-order valence-corrected chi connectivity index (χ0v) is 15.9. The first kappa shape index (κ1) is 18.6. The summed E-state index contributed by atoms with van der Waals surface area (Å²) >= 11 is 0. The summed E-state index contributed by atoms with van der Waals surface area (Å²) in [5.74, 6) is 0.187. The second-order valence-electron chi connectivity index (χ2n) is 7.66. The second kappa shape index (κ2) is 7.69. The highest BCUT2D eigenvalue weighted by Gasteiger charge is 2.36. The Morgan fingerprint density at radius 3 is 2.71 bits per heavy atom. The number of hydrogen-bond donors (Lipinski definition) is 2. The van der Waals surface area contributed by atoms with Gasteiger partial charge in [0.15, 0.2) is 11.5 Å². The highest BCUT2D eigenvalue weighted by Crippen LogP contribution is 2.37. The number of rotatable bonds is 5. The summed E-state index contributed by atoms with van der Waals surface area (Å²) in [5, 5.41) is 5.74. The van der Waals surface area contributed by atoms with Crippen molar-refractivity contribution < 1.29 is 23.9 Å². The van der Waals surface area contributed by atoms with Crippen molar-refractivity contribution in [2.24, 2.45) is 5.92 Å². The van der Waals surface area contributed by atoms with Crippen LogP contribution >= 0.6 is 0 Å². The van der Waals surface area contributed by atoms with Crippen LogP contribution in [0.1, 0.15) is 39.0 Å². The molecule has 3 amide bonds. The van der Waals surface area contributed by atoms with E-state index < -0.39 is 12.0 Å². The average molecular weight is 387 g/mol. The molecule has 1 saturated carbocycles. The van der Waals surface area contributed by atoms with Gasteiger partial charge in [-0.3, -0.25) is 14.4 Å². The van der Waals surface area contributed by atoms with Crippen LogP contribution < -0.4 is 25.0 Å². The predicted molar refractivity (Wildman–Crippen MR) is 101 cm³/mol. The van der Waals surface area contributed by atoms with E-state index in [-0.39, 0.29) is 43.5 Å². The summed E-state index contributed by atoms with van der Waals surface area (Å²) in [5.41, 5.74) is 0.677. The van der Waals surface area contributed by atoms with Gasteiger partial charge in [0.25, 0.3) is 0 Å².